The molecule has 6 atom stereocenters. The summed E-state index contributed by atoms with van der Waals surface area (Å²) >= 11 is 0. The quantitative estimate of drug-likeness (QED) is 0.0147. The number of esters is 1. The van der Waals surface area contributed by atoms with Crippen LogP contribution in [0, 0.1) is 0 Å². The zero-order valence-corrected chi connectivity index (χ0v) is 42.8. The van der Waals surface area contributed by atoms with Crippen LogP contribution in [0.15, 0.2) is 97.2 Å². The highest BCUT2D eigenvalue weighted by Crippen LogP contribution is 2.47. The van der Waals surface area contributed by atoms with Crippen molar-refractivity contribution in [3.8, 4) is 0 Å². The minimum absolute atomic E-state index is 0.0969. The van der Waals surface area contributed by atoms with Crippen LogP contribution in [0.1, 0.15) is 181 Å². The zero-order chi connectivity index (χ0) is 49.8. The SMILES string of the molecule is CC/C=C\C/C=C\C/C=C\C/C=C\CCCCCCCCCCCCC(=O)OC(COCCCCCCC/C=C\C/C=C\C/C=C\C/C=C\CC)COP(=O)(O)OC1C(O)C(O)C(O)C(O)C1O. The molecule has 12 nitrogen and oxygen atoms in total. The molecule has 0 radical (unpaired) electrons. The van der Waals surface area contributed by atoms with Gasteiger partial charge in [0.05, 0.1) is 13.2 Å². The molecule has 68 heavy (non-hydrogen) atoms. The monoisotopic (exact) mass is 977 g/mol. The molecule has 0 aromatic carbocycles. The average molecular weight is 977 g/mol. The second-order valence-corrected chi connectivity index (χ2v) is 19.0. The predicted octanol–water partition coefficient (Wildman–Crippen LogP) is 11.9. The summed E-state index contributed by atoms with van der Waals surface area (Å²) in [5.41, 5.74) is 0. The van der Waals surface area contributed by atoms with Crippen molar-refractivity contribution in [2.24, 2.45) is 0 Å². The fourth-order valence-corrected chi connectivity index (χ4v) is 8.37. The summed E-state index contributed by atoms with van der Waals surface area (Å²) in [6.45, 7) is 3.99. The van der Waals surface area contributed by atoms with E-state index in [0.717, 1.165) is 116 Å². The van der Waals surface area contributed by atoms with Gasteiger partial charge in [-0.05, 0) is 89.9 Å². The molecule has 0 saturated heterocycles. The van der Waals surface area contributed by atoms with Gasteiger partial charge in [0.15, 0.2) is 0 Å². The summed E-state index contributed by atoms with van der Waals surface area (Å²) in [7, 11) is -5.04. The van der Waals surface area contributed by atoms with E-state index in [1.54, 1.807) is 0 Å². The number of unbranched alkanes of at least 4 members (excludes halogenated alkanes) is 15. The number of aliphatic hydroxyl groups is 5. The van der Waals surface area contributed by atoms with E-state index in [9.17, 15) is 39.8 Å². The Kier molecular flexibility index (Phi) is 41.1. The molecule has 1 aliphatic rings. The fraction of sp³-hybridized carbons (Fsp3) is 0.691. The van der Waals surface area contributed by atoms with Crippen molar-refractivity contribution in [2.45, 2.75) is 224 Å². The first-order chi connectivity index (χ1) is 33.0. The Morgan fingerprint density at radius 1 is 0.471 bits per heavy atom. The van der Waals surface area contributed by atoms with E-state index >= 15 is 0 Å². The maximum Gasteiger partial charge on any atom is 0.472 e. The Morgan fingerprint density at radius 2 is 0.824 bits per heavy atom. The number of rotatable bonds is 43. The van der Waals surface area contributed by atoms with Crippen LogP contribution in [-0.4, -0.2) is 98.9 Å². The third kappa shape index (κ3) is 35.4. The zero-order valence-electron chi connectivity index (χ0n) is 41.9. The van der Waals surface area contributed by atoms with Gasteiger partial charge < -0.3 is 39.9 Å². The van der Waals surface area contributed by atoms with Crippen LogP contribution in [0.4, 0.5) is 0 Å². The van der Waals surface area contributed by atoms with E-state index in [-0.39, 0.29) is 13.0 Å². The van der Waals surface area contributed by atoms with Gasteiger partial charge >= 0.3 is 13.8 Å². The lowest BCUT2D eigenvalue weighted by Gasteiger charge is -2.41. The Bertz CT molecular complexity index is 1490. The highest BCUT2D eigenvalue weighted by Gasteiger charge is 2.51. The van der Waals surface area contributed by atoms with Crippen LogP contribution >= 0.6 is 7.82 Å². The Morgan fingerprint density at radius 3 is 1.25 bits per heavy atom. The number of aliphatic hydroxyl groups excluding tert-OH is 5. The lowest BCUT2D eigenvalue weighted by atomic mass is 9.85. The topological polar surface area (TPSA) is 192 Å². The molecule has 0 spiro atoms. The molecule has 1 aliphatic carbocycles. The smallest absolute Gasteiger partial charge is 0.457 e. The molecule has 0 aliphatic heterocycles. The molecule has 0 heterocycles. The van der Waals surface area contributed by atoms with Crippen LogP contribution in [-0.2, 0) is 27.9 Å². The number of carbonyl (C=O) groups is 1. The van der Waals surface area contributed by atoms with E-state index in [1.807, 2.05) is 0 Å². The minimum atomic E-state index is -5.04. The predicted molar refractivity (Wildman–Crippen MR) is 276 cm³/mol. The molecule has 0 bridgehead atoms. The van der Waals surface area contributed by atoms with E-state index in [1.165, 1.54) is 38.5 Å². The van der Waals surface area contributed by atoms with Crippen molar-refractivity contribution < 1.29 is 58.3 Å². The standard InChI is InChI=1S/C55H93O12P/c1-3-5-7-9-11-13-15-17-19-21-23-24-25-26-27-28-30-32-34-36-38-40-42-44-49(56)66-48(47-65-68(62,63)67-55-53(60)51(58)50(57)52(59)54(55)61)46-64-45-43-41-39-37-35-33-31-29-22-20-18-16-14-12-10-8-6-4-2/h5-8,11-14,17-20,23-24,29,31,48,50-55,57-61H,3-4,9-10,15-16,21-22,25-28,30,32-47H2,1-2H3,(H,62,63)/b7-5-,8-6-,13-11-,14-12-,19-17-,20-18-,24-23-,31-29-. The average Bonchev–Trinajstić information content (AvgIpc) is 3.32. The van der Waals surface area contributed by atoms with Gasteiger partial charge in [0.2, 0.25) is 0 Å². The number of carbonyl (C=O) groups excluding carboxylic acids is 1. The number of phosphoric acid groups is 1. The highest BCUT2D eigenvalue weighted by atomic mass is 31.2. The summed E-state index contributed by atoms with van der Waals surface area (Å²) < 4.78 is 34.3. The van der Waals surface area contributed by atoms with Crippen LogP contribution in [0.3, 0.4) is 0 Å². The van der Waals surface area contributed by atoms with Crippen LogP contribution < -0.4 is 0 Å². The van der Waals surface area contributed by atoms with Crippen molar-refractivity contribution in [3.63, 3.8) is 0 Å². The molecular weight excluding hydrogens is 884 g/mol. The summed E-state index contributed by atoms with van der Waals surface area (Å²) in [6, 6.07) is 0. The van der Waals surface area contributed by atoms with Gasteiger partial charge in [-0.1, -0.05) is 182 Å². The Hall–Kier alpha value is -2.74. The third-order valence-electron chi connectivity index (χ3n) is 11.5. The molecular formula is C55H93O12P. The summed E-state index contributed by atoms with van der Waals surface area (Å²) in [4.78, 5) is 23.3. The van der Waals surface area contributed by atoms with Gasteiger partial charge in [-0.3, -0.25) is 13.8 Å². The Labute approximate surface area is 411 Å². The molecule has 1 rings (SSSR count). The van der Waals surface area contributed by atoms with Crippen molar-refractivity contribution in [1.82, 2.24) is 0 Å². The minimum Gasteiger partial charge on any atom is -0.457 e. The van der Waals surface area contributed by atoms with Crippen LogP contribution in [0.25, 0.3) is 0 Å². The molecule has 13 heteroatoms. The van der Waals surface area contributed by atoms with Crippen molar-refractivity contribution in [3.05, 3.63) is 97.2 Å². The first kappa shape index (κ1) is 63.3. The number of phosphoric ester groups is 1. The fourth-order valence-electron chi connectivity index (χ4n) is 7.40. The van der Waals surface area contributed by atoms with Gasteiger partial charge in [-0.2, -0.15) is 0 Å². The first-order valence-corrected chi connectivity index (χ1v) is 27.6. The molecule has 0 amide bonds. The molecule has 0 aromatic heterocycles. The number of hydrogen-bond donors (Lipinski definition) is 6. The molecule has 6 N–H and O–H groups in total. The molecule has 0 aromatic rings. The van der Waals surface area contributed by atoms with Gasteiger partial charge in [-0.15, -0.1) is 0 Å². The lowest BCUT2D eigenvalue weighted by Crippen LogP contribution is -2.64. The third-order valence-corrected chi connectivity index (χ3v) is 12.4. The van der Waals surface area contributed by atoms with E-state index in [0.29, 0.717) is 13.0 Å². The van der Waals surface area contributed by atoms with E-state index in [4.69, 9.17) is 18.5 Å². The number of hydrogen-bond acceptors (Lipinski definition) is 11. The largest absolute Gasteiger partial charge is 0.472 e. The second-order valence-electron chi connectivity index (χ2n) is 17.6. The molecule has 1 saturated carbocycles. The Balaban J connectivity index is 2.35. The molecule has 390 valence electrons. The van der Waals surface area contributed by atoms with E-state index in [2.05, 4.69) is 111 Å². The van der Waals surface area contributed by atoms with E-state index < -0.39 is 63.1 Å². The van der Waals surface area contributed by atoms with Crippen molar-refractivity contribution >= 4 is 13.8 Å². The molecule has 6 unspecified atom stereocenters. The van der Waals surface area contributed by atoms with Gasteiger partial charge in [-0.25, -0.2) is 4.57 Å². The summed E-state index contributed by atoms with van der Waals surface area (Å²) in [6.07, 6.45) is 48.9. The van der Waals surface area contributed by atoms with Gasteiger partial charge in [0.1, 0.15) is 42.7 Å². The number of ether oxygens (including phenoxy) is 2. The normalized spacial score (nSPS) is 21.9. The second kappa shape index (κ2) is 44.2. The van der Waals surface area contributed by atoms with Gasteiger partial charge in [0, 0.05) is 13.0 Å². The summed E-state index contributed by atoms with van der Waals surface area (Å²) in [5.74, 6) is -0.493. The van der Waals surface area contributed by atoms with Crippen LogP contribution in [0.5, 0.6) is 0 Å². The summed E-state index contributed by atoms with van der Waals surface area (Å²) in [5, 5.41) is 50.3. The highest BCUT2D eigenvalue weighted by molar-refractivity contribution is 7.47. The van der Waals surface area contributed by atoms with Gasteiger partial charge in [0.25, 0.3) is 0 Å². The molecule has 1 fully saturated rings. The first-order valence-electron chi connectivity index (χ1n) is 26.1. The van der Waals surface area contributed by atoms with Crippen molar-refractivity contribution in [2.75, 3.05) is 19.8 Å². The number of allylic oxidation sites excluding steroid dienone is 16. The van der Waals surface area contributed by atoms with Crippen LogP contribution in [0.2, 0.25) is 0 Å². The lowest BCUT2D eigenvalue weighted by molar-refractivity contribution is -0.220. The maximum absolute atomic E-state index is 12.9. The van der Waals surface area contributed by atoms with Crippen molar-refractivity contribution in [1.29, 1.82) is 0 Å². The maximum atomic E-state index is 12.9.